The third-order valence-corrected chi connectivity index (χ3v) is 10.5. The molecule has 0 fully saturated rings. The highest BCUT2D eigenvalue weighted by Crippen LogP contribution is 2.41. The first-order valence-electron chi connectivity index (χ1n) is 17.9. The molecule has 4 heteroatoms. The van der Waals surface area contributed by atoms with Gasteiger partial charge < -0.3 is 4.42 Å². The molecule has 0 bridgehead atoms. The number of para-hydroxylation sites is 2. The summed E-state index contributed by atoms with van der Waals surface area (Å²) < 4.78 is 6.58. The van der Waals surface area contributed by atoms with Gasteiger partial charge in [-0.25, -0.2) is 15.0 Å². The fourth-order valence-electron chi connectivity index (χ4n) is 7.99. The van der Waals surface area contributed by atoms with Gasteiger partial charge in [-0.1, -0.05) is 146 Å². The van der Waals surface area contributed by atoms with E-state index >= 15 is 0 Å². The molecule has 0 atom stereocenters. The van der Waals surface area contributed by atoms with Gasteiger partial charge in [-0.15, -0.1) is 0 Å². The van der Waals surface area contributed by atoms with Gasteiger partial charge >= 0.3 is 0 Å². The van der Waals surface area contributed by atoms with Gasteiger partial charge in [0.05, 0.1) is 22.6 Å². The number of hydrogen-bond acceptors (Lipinski definition) is 4. The van der Waals surface area contributed by atoms with Crippen molar-refractivity contribution < 1.29 is 4.42 Å². The third kappa shape index (κ3) is 4.73. The highest BCUT2D eigenvalue weighted by atomic mass is 16.3. The van der Waals surface area contributed by atoms with E-state index in [1.807, 2.05) is 18.2 Å². The van der Waals surface area contributed by atoms with E-state index in [-0.39, 0.29) is 0 Å². The van der Waals surface area contributed by atoms with E-state index in [1.54, 1.807) is 0 Å². The van der Waals surface area contributed by atoms with E-state index in [4.69, 9.17) is 19.4 Å². The Hall–Kier alpha value is -7.17. The standard InChI is InChI=1S/C49H29N3O/c1-3-18-34-30(12-1)14-10-22-36(34)44-29-43(51-49(52-44)39-23-11-15-31-13-2-4-19-35(31)39)32-16-9-17-33(28-32)47-41-27-26-38-37-20-6-8-25-45(37)53-48(38)46(41)40-21-5-7-24-42(40)50-47/h1-29H. The first-order valence-corrected chi connectivity index (χ1v) is 17.9. The summed E-state index contributed by atoms with van der Waals surface area (Å²) in [6.07, 6.45) is 0. The highest BCUT2D eigenvalue weighted by molar-refractivity contribution is 6.24. The molecule has 3 aromatic heterocycles. The largest absolute Gasteiger partial charge is 0.455 e. The van der Waals surface area contributed by atoms with E-state index in [0.29, 0.717) is 5.82 Å². The van der Waals surface area contributed by atoms with Crippen LogP contribution in [0.1, 0.15) is 0 Å². The summed E-state index contributed by atoms with van der Waals surface area (Å²) in [5.41, 5.74) is 9.38. The fraction of sp³-hybridized carbons (Fsp3) is 0. The summed E-state index contributed by atoms with van der Waals surface area (Å²) in [5.74, 6) is 0.689. The predicted octanol–water partition coefficient (Wildman–Crippen LogP) is 13.1. The summed E-state index contributed by atoms with van der Waals surface area (Å²) >= 11 is 0. The van der Waals surface area contributed by atoms with E-state index in [1.165, 1.54) is 5.39 Å². The smallest absolute Gasteiger partial charge is 0.161 e. The number of fused-ring (bicyclic) bond motifs is 9. The molecule has 0 N–H and O–H groups in total. The maximum absolute atomic E-state index is 6.58. The zero-order valence-corrected chi connectivity index (χ0v) is 28.5. The maximum atomic E-state index is 6.58. The molecule has 0 amide bonds. The second-order valence-electron chi connectivity index (χ2n) is 13.5. The molecule has 8 aromatic carbocycles. The molecule has 4 nitrogen and oxygen atoms in total. The number of furan rings is 1. The first-order chi connectivity index (χ1) is 26.3. The number of aromatic nitrogens is 3. The number of pyridine rings is 1. The van der Waals surface area contributed by atoms with Gasteiger partial charge in [-0.3, -0.25) is 0 Å². The summed E-state index contributed by atoms with van der Waals surface area (Å²) in [6.45, 7) is 0. The second kappa shape index (κ2) is 11.7. The summed E-state index contributed by atoms with van der Waals surface area (Å²) in [7, 11) is 0. The number of hydrogen-bond donors (Lipinski definition) is 0. The van der Waals surface area contributed by atoms with E-state index < -0.39 is 0 Å². The van der Waals surface area contributed by atoms with Gasteiger partial charge in [0, 0.05) is 49.2 Å². The molecule has 0 spiro atoms. The Balaban J connectivity index is 1.15. The van der Waals surface area contributed by atoms with Gasteiger partial charge in [0.25, 0.3) is 0 Å². The Labute approximate surface area is 304 Å². The van der Waals surface area contributed by atoms with Crippen molar-refractivity contribution in [3.05, 3.63) is 176 Å². The van der Waals surface area contributed by atoms with Crippen LogP contribution >= 0.6 is 0 Å². The summed E-state index contributed by atoms with van der Waals surface area (Å²) in [5, 5.41) is 10.0. The van der Waals surface area contributed by atoms with Crippen LogP contribution in [-0.2, 0) is 0 Å². The molecular formula is C49H29N3O. The average molecular weight is 676 g/mol. The van der Waals surface area contributed by atoms with Crippen LogP contribution < -0.4 is 0 Å². The van der Waals surface area contributed by atoms with Crippen LogP contribution in [0.15, 0.2) is 180 Å². The van der Waals surface area contributed by atoms with Crippen LogP contribution in [0, 0.1) is 0 Å². The number of rotatable bonds is 4. The average Bonchev–Trinajstić information content (AvgIpc) is 3.62. The normalized spacial score (nSPS) is 11.8. The van der Waals surface area contributed by atoms with Crippen LogP contribution in [0.2, 0.25) is 0 Å². The first kappa shape index (κ1) is 29.5. The lowest BCUT2D eigenvalue weighted by atomic mass is 9.96. The van der Waals surface area contributed by atoms with Crippen LogP contribution in [0.5, 0.6) is 0 Å². The Morgan fingerprint density at radius 1 is 0.377 bits per heavy atom. The van der Waals surface area contributed by atoms with Crippen molar-refractivity contribution >= 4 is 65.2 Å². The minimum Gasteiger partial charge on any atom is -0.455 e. The quantitative estimate of drug-likeness (QED) is 0.174. The molecule has 0 aliphatic heterocycles. The van der Waals surface area contributed by atoms with E-state index in [2.05, 4.69) is 158 Å². The lowest BCUT2D eigenvalue weighted by Crippen LogP contribution is -1.97. The lowest BCUT2D eigenvalue weighted by molar-refractivity contribution is 0.673. The van der Waals surface area contributed by atoms with Gasteiger partial charge in [0.2, 0.25) is 0 Å². The summed E-state index contributed by atoms with van der Waals surface area (Å²) in [4.78, 5) is 15.9. The summed E-state index contributed by atoms with van der Waals surface area (Å²) in [6, 6.07) is 61.3. The molecule has 0 unspecified atom stereocenters. The zero-order chi connectivity index (χ0) is 34.9. The predicted molar refractivity (Wildman–Crippen MR) is 219 cm³/mol. The van der Waals surface area contributed by atoms with Crippen molar-refractivity contribution in [3.63, 3.8) is 0 Å². The molecule has 0 aliphatic rings. The van der Waals surface area contributed by atoms with Gasteiger partial charge in [0.15, 0.2) is 5.82 Å². The molecule has 11 aromatic rings. The zero-order valence-electron chi connectivity index (χ0n) is 28.5. The van der Waals surface area contributed by atoms with Crippen molar-refractivity contribution in [1.82, 2.24) is 15.0 Å². The molecule has 11 rings (SSSR count). The molecule has 246 valence electrons. The Bertz CT molecular complexity index is 3140. The monoisotopic (exact) mass is 675 g/mol. The molecule has 0 saturated heterocycles. The highest BCUT2D eigenvalue weighted by Gasteiger charge is 2.19. The Morgan fingerprint density at radius 2 is 0.981 bits per heavy atom. The van der Waals surface area contributed by atoms with Gasteiger partial charge in [-0.05, 0) is 51.9 Å². The van der Waals surface area contributed by atoms with Crippen molar-refractivity contribution in [3.8, 4) is 45.2 Å². The van der Waals surface area contributed by atoms with Crippen molar-refractivity contribution in [1.29, 1.82) is 0 Å². The van der Waals surface area contributed by atoms with E-state index in [9.17, 15) is 0 Å². The van der Waals surface area contributed by atoms with Crippen LogP contribution in [0.3, 0.4) is 0 Å². The van der Waals surface area contributed by atoms with E-state index in [0.717, 1.165) is 99.1 Å². The molecular weight excluding hydrogens is 647 g/mol. The Morgan fingerprint density at radius 3 is 1.81 bits per heavy atom. The van der Waals surface area contributed by atoms with Crippen LogP contribution in [-0.4, -0.2) is 15.0 Å². The maximum Gasteiger partial charge on any atom is 0.161 e. The molecule has 0 saturated carbocycles. The minimum absolute atomic E-state index is 0.689. The molecule has 0 aliphatic carbocycles. The van der Waals surface area contributed by atoms with Crippen molar-refractivity contribution in [2.75, 3.05) is 0 Å². The number of benzene rings is 8. The van der Waals surface area contributed by atoms with Crippen molar-refractivity contribution in [2.24, 2.45) is 0 Å². The molecule has 3 heterocycles. The SMILES string of the molecule is c1cc(-c2cc(-c3cccc4ccccc34)nc(-c3cccc4ccccc34)n2)cc(-c2nc3ccccc3c3c2ccc2c4ccccc4oc23)c1. The fourth-order valence-corrected chi connectivity index (χ4v) is 7.99. The topological polar surface area (TPSA) is 51.8 Å². The molecule has 0 radical (unpaired) electrons. The van der Waals surface area contributed by atoms with Crippen molar-refractivity contribution in [2.45, 2.75) is 0 Å². The van der Waals surface area contributed by atoms with Gasteiger partial charge in [-0.2, -0.15) is 0 Å². The number of nitrogens with zero attached hydrogens (tertiary/aromatic N) is 3. The molecule has 53 heavy (non-hydrogen) atoms. The third-order valence-electron chi connectivity index (χ3n) is 10.5. The second-order valence-corrected chi connectivity index (χ2v) is 13.5. The Kier molecular flexibility index (Phi) is 6.52. The van der Waals surface area contributed by atoms with Gasteiger partial charge in [0.1, 0.15) is 11.2 Å². The minimum atomic E-state index is 0.689. The van der Waals surface area contributed by atoms with Crippen LogP contribution in [0.4, 0.5) is 0 Å². The van der Waals surface area contributed by atoms with Crippen LogP contribution in [0.25, 0.3) is 110 Å². The lowest BCUT2D eigenvalue weighted by Gasteiger charge is -2.14.